The van der Waals surface area contributed by atoms with Crippen LogP contribution in [-0.2, 0) is 11.3 Å². The first-order chi connectivity index (χ1) is 19.7. The molecular weight excluding hydrogens is 520 g/mol. The van der Waals surface area contributed by atoms with E-state index < -0.39 is 0 Å². The van der Waals surface area contributed by atoms with E-state index in [1.54, 1.807) is 17.8 Å². The zero-order valence-corrected chi connectivity index (χ0v) is 23.1. The molecule has 0 unspecified atom stereocenters. The van der Waals surface area contributed by atoms with Crippen LogP contribution in [0.1, 0.15) is 42.7 Å². The Kier molecular flexibility index (Phi) is 6.95. The van der Waals surface area contributed by atoms with Crippen LogP contribution in [0.3, 0.4) is 0 Å². The van der Waals surface area contributed by atoms with Crippen molar-refractivity contribution in [1.29, 1.82) is 0 Å². The number of ether oxygens (including phenoxy) is 2. The molecule has 0 spiro atoms. The molecule has 40 heavy (non-hydrogen) atoms. The van der Waals surface area contributed by atoms with Gasteiger partial charge in [-0.2, -0.15) is 0 Å². The molecule has 7 rings (SSSR count). The molecular formula is C32H32N4O3S. The molecule has 4 aromatic rings. The number of hydrogen-bond acceptors (Lipinski definition) is 7. The largest absolute Gasteiger partial charge is 0.454 e. The number of fused-ring (bicyclic) bond motifs is 2. The van der Waals surface area contributed by atoms with Crippen molar-refractivity contribution in [2.75, 3.05) is 36.5 Å². The van der Waals surface area contributed by atoms with Crippen LogP contribution in [-0.4, -0.2) is 36.3 Å². The predicted molar refractivity (Wildman–Crippen MR) is 159 cm³/mol. The highest BCUT2D eigenvalue weighted by Gasteiger charge is 2.23. The number of nitrogens with zero attached hydrogens (tertiary/aromatic N) is 2. The Labute approximate surface area is 237 Å². The van der Waals surface area contributed by atoms with Crippen LogP contribution >= 0.6 is 11.8 Å². The minimum atomic E-state index is -0.125. The van der Waals surface area contributed by atoms with E-state index in [0.29, 0.717) is 19.1 Å². The topological polar surface area (TPSA) is 79.5 Å². The van der Waals surface area contributed by atoms with Gasteiger partial charge in [-0.15, -0.1) is 0 Å². The van der Waals surface area contributed by atoms with Crippen LogP contribution in [0.2, 0.25) is 0 Å². The van der Waals surface area contributed by atoms with Crippen molar-refractivity contribution in [3.05, 3.63) is 88.5 Å². The van der Waals surface area contributed by atoms with E-state index in [0.717, 1.165) is 63.6 Å². The van der Waals surface area contributed by atoms with Crippen LogP contribution in [0.15, 0.2) is 81.6 Å². The van der Waals surface area contributed by atoms with E-state index in [9.17, 15) is 4.79 Å². The molecule has 4 heterocycles. The zero-order valence-electron chi connectivity index (χ0n) is 22.3. The van der Waals surface area contributed by atoms with E-state index in [-0.39, 0.29) is 5.56 Å². The number of anilines is 2. The van der Waals surface area contributed by atoms with Gasteiger partial charge in [-0.05, 0) is 66.3 Å². The van der Waals surface area contributed by atoms with Gasteiger partial charge in [-0.3, -0.25) is 9.78 Å². The van der Waals surface area contributed by atoms with Gasteiger partial charge < -0.3 is 24.7 Å². The molecule has 2 aromatic carbocycles. The molecule has 204 valence electrons. The van der Waals surface area contributed by atoms with Gasteiger partial charge in [0, 0.05) is 55.0 Å². The van der Waals surface area contributed by atoms with Gasteiger partial charge in [0.25, 0.3) is 0 Å². The summed E-state index contributed by atoms with van der Waals surface area (Å²) >= 11 is 1.69. The Bertz CT molecular complexity index is 1590. The van der Waals surface area contributed by atoms with Gasteiger partial charge in [0.2, 0.25) is 5.56 Å². The summed E-state index contributed by atoms with van der Waals surface area (Å²) in [4.78, 5) is 24.4. The highest BCUT2D eigenvalue weighted by Crippen LogP contribution is 2.51. The maximum atomic E-state index is 12.6. The molecule has 1 saturated carbocycles. The minimum absolute atomic E-state index is 0.125. The predicted octanol–water partition coefficient (Wildman–Crippen LogP) is 6.80. The summed E-state index contributed by atoms with van der Waals surface area (Å²) in [5.74, 6) is 2.24. The second kappa shape index (κ2) is 11.0. The number of pyridine rings is 2. The van der Waals surface area contributed by atoms with E-state index in [4.69, 9.17) is 9.47 Å². The van der Waals surface area contributed by atoms with Gasteiger partial charge >= 0.3 is 0 Å². The summed E-state index contributed by atoms with van der Waals surface area (Å²) in [6.45, 7) is 3.61. The molecule has 2 fully saturated rings. The number of para-hydroxylation sites is 1. The molecule has 2 N–H and O–H groups in total. The summed E-state index contributed by atoms with van der Waals surface area (Å²) in [7, 11) is 0. The molecule has 2 aliphatic heterocycles. The summed E-state index contributed by atoms with van der Waals surface area (Å²) in [5.41, 5.74) is 6.03. The first-order valence-electron chi connectivity index (χ1n) is 14.1. The molecule has 0 atom stereocenters. The van der Waals surface area contributed by atoms with E-state index in [2.05, 4.69) is 44.5 Å². The number of aromatic nitrogens is 2. The van der Waals surface area contributed by atoms with Gasteiger partial charge in [0.15, 0.2) is 5.75 Å². The molecule has 7 nitrogen and oxygen atoms in total. The third-order valence-electron chi connectivity index (χ3n) is 7.99. The lowest BCUT2D eigenvalue weighted by Gasteiger charge is -2.29. The number of benzene rings is 2. The van der Waals surface area contributed by atoms with Crippen LogP contribution in [0.4, 0.5) is 11.4 Å². The zero-order chi connectivity index (χ0) is 26.9. The normalized spacial score (nSPS) is 16.8. The smallest absolute Gasteiger partial charge is 0.250 e. The summed E-state index contributed by atoms with van der Waals surface area (Å²) in [6.07, 6.45) is 9.19. The van der Waals surface area contributed by atoms with E-state index >= 15 is 0 Å². The molecule has 2 aromatic heterocycles. The second-order valence-electron chi connectivity index (χ2n) is 10.7. The maximum Gasteiger partial charge on any atom is 0.250 e. The Morgan fingerprint density at radius 2 is 1.88 bits per heavy atom. The molecule has 8 heteroatoms. The van der Waals surface area contributed by atoms with Gasteiger partial charge in [0.05, 0.1) is 28.7 Å². The number of hydrogen-bond donors (Lipinski definition) is 2. The van der Waals surface area contributed by atoms with Crippen molar-refractivity contribution >= 4 is 23.1 Å². The van der Waals surface area contributed by atoms with E-state index in [1.807, 2.05) is 36.7 Å². The standard InChI is InChI=1S/C32H32N4O3S/c37-31-17-25(36-10-12-38-13-11-36)16-27(35-31)26-6-3-7-29-32(26)39-28-9-8-24(15-30(28)40-29)34-19-21-14-23(20-33-18-21)22-4-1-2-5-22/h3,6-9,14-18,20,22,34H,1-2,4-5,10-13,19H2,(H,35,37). The molecule has 0 bridgehead atoms. The fourth-order valence-electron chi connectivity index (χ4n) is 5.89. The van der Waals surface area contributed by atoms with Crippen molar-refractivity contribution in [1.82, 2.24) is 9.97 Å². The average molecular weight is 553 g/mol. The molecule has 1 aliphatic carbocycles. The van der Waals surface area contributed by atoms with Crippen molar-refractivity contribution < 1.29 is 9.47 Å². The van der Waals surface area contributed by atoms with Gasteiger partial charge in [-0.1, -0.05) is 36.7 Å². The molecule has 0 amide bonds. The average Bonchev–Trinajstić information content (AvgIpc) is 3.54. The fraction of sp³-hybridized carbons (Fsp3) is 0.312. The fourth-order valence-corrected chi connectivity index (χ4v) is 6.92. The van der Waals surface area contributed by atoms with Crippen molar-refractivity contribution in [2.24, 2.45) is 0 Å². The number of aromatic amines is 1. The molecule has 0 radical (unpaired) electrons. The summed E-state index contributed by atoms with van der Waals surface area (Å²) in [5, 5.41) is 3.57. The first-order valence-corrected chi connectivity index (χ1v) is 14.9. The number of H-pyrrole nitrogens is 1. The van der Waals surface area contributed by atoms with Gasteiger partial charge in [0.1, 0.15) is 5.75 Å². The molecule has 1 saturated heterocycles. The lowest BCUT2D eigenvalue weighted by atomic mass is 9.98. The molecule has 3 aliphatic rings. The van der Waals surface area contributed by atoms with Crippen LogP contribution in [0, 0.1) is 0 Å². The lowest BCUT2D eigenvalue weighted by Crippen LogP contribution is -2.36. The highest BCUT2D eigenvalue weighted by molar-refractivity contribution is 7.99. The van der Waals surface area contributed by atoms with Crippen LogP contribution in [0.5, 0.6) is 11.5 Å². The third-order valence-corrected chi connectivity index (χ3v) is 9.07. The Hall–Kier alpha value is -3.75. The lowest BCUT2D eigenvalue weighted by molar-refractivity contribution is 0.122. The Morgan fingerprint density at radius 3 is 2.75 bits per heavy atom. The SMILES string of the molecule is O=c1cc(N2CCOCC2)cc(-c2cccc3c2Oc2ccc(NCc4cncc(C5CCCC5)c4)cc2S3)[nH]1. The van der Waals surface area contributed by atoms with Crippen molar-refractivity contribution in [3.8, 4) is 22.8 Å². The Morgan fingerprint density at radius 1 is 1.00 bits per heavy atom. The third kappa shape index (κ3) is 5.21. The number of morpholine rings is 1. The minimum Gasteiger partial charge on any atom is -0.454 e. The van der Waals surface area contributed by atoms with Gasteiger partial charge in [-0.25, -0.2) is 0 Å². The quantitative estimate of drug-likeness (QED) is 0.240. The first kappa shape index (κ1) is 25.2. The monoisotopic (exact) mass is 552 g/mol. The number of rotatable bonds is 6. The van der Waals surface area contributed by atoms with Crippen molar-refractivity contribution in [2.45, 2.75) is 47.9 Å². The maximum absolute atomic E-state index is 12.6. The number of nitrogens with one attached hydrogen (secondary N) is 2. The van der Waals surface area contributed by atoms with Crippen molar-refractivity contribution in [3.63, 3.8) is 0 Å². The van der Waals surface area contributed by atoms with E-state index in [1.165, 1.54) is 36.8 Å². The van der Waals surface area contributed by atoms with Crippen LogP contribution < -0.4 is 20.5 Å². The summed E-state index contributed by atoms with van der Waals surface area (Å²) in [6, 6.07) is 18.3. The van der Waals surface area contributed by atoms with Crippen LogP contribution in [0.25, 0.3) is 11.3 Å². The Balaban J connectivity index is 1.10. The second-order valence-corrected chi connectivity index (χ2v) is 11.8. The highest BCUT2D eigenvalue weighted by atomic mass is 32.2. The summed E-state index contributed by atoms with van der Waals surface area (Å²) < 4.78 is 12.0.